The first-order valence-electron chi connectivity index (χ1n) is 4.72. The molecule has 4 heteroatoms. The topological polar surface area (TPSA) is 20.3 Å². The van der Waals surface area contributed by atoms with Gasteiger partial charge in [-0.25, -0.2) is 4.39 Å². The number of rotatable bonds is 2. The summed E-state index contributed by atoms with van der Waals surface area (Å²) < 4.78 is 12.9. The van der Waals surface area contributed by atoms with Crippen molar-refractivity contribution in [2.75, 3.05) is 13.1 Å². The van der Waals surface area contributed by atoms with E-state index in [2.05, 4.69) is 0 Å². The average molecular weight is 208 g/mol. The van der Waals surface area contributed by atoms with Crippen LogP contribution < -0.4 is 0 Å². The molecule has 0 saturated carbocycles. The molecule has 0 aliphatic carbocycles. The van der Waals surface area contributed by atoms with Gasteiger partial charge < -0.3 is 4.90 Å². The summed E-state index contributed by atoms with van der Waals surface area (Å²) in [5.74, 6) is -0.119. The van der Waals surface area contributed by atoms with Crippen LogP contribution in [0, 0.1) is 0 Å². The first-order chi connectivity index (χ1) is 6.15. The van der Waals surface area contributed by atoms with Crippen molar-refractivity contribution >= 4 is 17.5 Å². The van der Waals surface area contributed by atoms with Crippen molar-refractivity contribution in [2.24, 2.45) is 0 Å². The smallest absolute Gasteiger partial charge is 0.240 e. The highest BCUT2D eigenvalue weighted by Gasteiger charge is 2.26. The molecule has 0 spiro atoms. The number of carbonyl (C=O) groups is 1. The highest BCUT2D eigenvalue weighted by Crippen LogP contribution is 2.16. The number of hydrogen-bond donors (Lipinski definition) is 0. The molecular weight excluding hydrogens is 193 g/mol. The Hall–Kier alpha value is -0.310. The molecule has 0 aromatic heterocycles. The van der Waals surface area contributed by atoms with Crippen LogP contribution in [-0.2, 0) is 4.79 Å². The molecule has 13 heavy (non-hydrogen) atoms. The quantitative estimate of drug-likeness (QED) is 0.634. The molecule has 1 fully saturated rings. The molecule has 0 aromatic rings. The van der Waals surface area contributed by atoms with Crippen LogP contribution in [0.4, 0.5) is 4.39 Å². The number of piperidine rings is 1. The lowest BCUT2D eigenvalue weighted by Gasteiger charge is -2.30. The number of likely N-dealkylation sites (tertiary alicyclic amines) is 1. The van der Waals surface area contributed by atoms with Gasteiger partial charge in [0.2, 0.25) is 5.91 Å². The van der Waals surface area contributed by atoms with E-state index in [9.17, 15) is 9.18 Å². The summed E-state index contributed by atoms with van der Waals surface area (Å²) in [5, 5.41) is -0.481. The fourth-order valence-corrected chi connectivity index (χ4v) is 1.64. The molecule has 1 rings (SSSR count). The molecule has 1 saturated heterocycles. The maximum absolute atomic E-state index is 12.9. The van der Waals surface area contributed by atoms with Crippen molar-refractivity contribution in [3.8, 4) is 0 Å². The summed E-state index contributed by atoms with van der Waals surface area (Å²) in [7, 11) is 0. The molecule has 1 amide bonds. The van der Waals surface area contributed by atoms with Crippen LogP contribution in [0.1, 0.15) is 26.2 Å². The molecule has 0 radical (unpaired) electrons. The van der Waals surface area contributed by atoms with Gasteiger partial charge in [0.05, 0.1) is 6.54 Å². The van der Waals surface area contributed by atoms with E-state index in [0.29, 0.717) is 19.4 Å². The number of carbonyl (C=O) groups excluding carboxylic acids is 1. The lowest BCUT2D eigenvalue weighted by atomic mass is 10.1. The van der Waals surface area contributed by atoms with Crippen molar-refractivity contribution in [3.05, 3.63) is 0 Å². The second kappa shape index (κ2) is 4.80. The Labute approximate surface area is 83.0 Å². The molecule has 1 heterocycles. The molecule has 0 aromatic carbocycles. The SMILES string of the molecule is CC[C@H](Cl)C(=O)N1CCC[C@@H](F)C1. The molecule has 76 valence electrons. The van der Waals surface area contributed by atoms with Crippen LogP contribution in [0.2, 0.25) is 0 Å². The van der Waals surface area contributed by atoms with Gasteiger partial charge in [0.1, 0.15) is 11.5 Å². The van der Waals surface area contributed by atoms with Crippen molar-refractivity contribution in [2.45, 2.75) is 37.7 Å². The minimum atomic E-state index is -0.863. The van der Waals surface area contributed by atoms with Crippen LogP contribution in [0.5, 0.6) is 0 Å². The largest absolute Gasteiger partial charge is 0.339 e. The predicted molar refractivity (Wildman–Crippen MR) is 50.6 cm³/mol. The number of alkyl halides is 2. The van der Waals surface area contributed by atoms with E-state index < -0.39 is 11.5 Å². The lowest BCUT2D eigenvalue weighted by Crippen LogP contribution is -2.44. The van der Waals surface area contributed by atoms with E-state index >= 15 is 0 Å². The van der Waals surface area contributed by atoms with Crippen molar-refractivity contribution in [3.63, 3.8) is 0 Å². The van der Waals surface area contributed by atoms with Gasteiger partial charge in [-0.2, -0.15) is 0 Å². The molecule has 0 bridgehead atoms. The molecule has 2 nitrogen and oxygen atoms in total. The van der Waals surface area contributed by atoms with Crippen molar-refractivity contribution < 1.29 is 9.18 Å². The van der Waals surface area contributed by atoms with E-state index in [4.69, 9.17) is 11.6 Å². The zero-order valence-electron chi connectivity index (χ0n) is 7.80. The zero-order valence-corrected chi connectivity index (χ0v) is 8.56. The van der Waals surface area contributed by atoms with Crippen LogP contribution in [-0.4, -0.2) is 35.4 Å². The molecule has 1 aliphatic rings. The monoisotopic (exact) mass is 207 g/mol. The van der Waals surface area contributed by atoms with Crippen LogP contribution >= 0.6 is 11.6 Å². The Morgan fingerprint density at radius 1 is 1.77 bits per heavy atom. The number of halogens is 2. The summed E-state index contributed by atoms with van der Waals surface area (Å²) in [5.41, 5.74) is 0. The van der Waals surface area contributed by atoms with E-state index in [0.717, 1.165) is 6.42 Å². The van der Waals surface area contributed by atoms with Gasteiger partial charge in [0.15, 0.2) is 0 Å². The first-order valence-corrected chi connectivity index (χ1v) is 5.15. The second-order valence-corrected chi connectivity index (χ2v) is 3.93. The standard InChI is InChI=1S/C9H15ClFNO/c1-2-8(10)9(13)12-5-3-4-7(11)6-12/h7-8H,2-6H2,1H3/t7-,8+/m1/s1. The fourth-order valence-electron chi connectivity index (χ4n) is 1.50. The van der Waals surface area contributed by atoms with E-state index in [1.165, 1.54) is 4.90 Å². The van der Waals surface area contributed by atoms with Crippen LogP contribution in [0.15, 0.2) is 0 Å². The average Bonchev–Trinajstić information content (AvgIpc) is 2.15. The molecule has 1 aliphatic heterocycles. The summed E-state index contributed by atoms with van der Waals surface area (Å²) in [4.78, 5) is 13.0. The minimum Gasteiger partial charge on any atom is -0.339 e. The third-order valence-corrected chi connectivity index (χ3v) is 2.80. The lowest BCUT2D eigenvalue weighted by molar-refractivity contribution is -0.132. The zero-order chi connectivity index (χ0) is 9.84. The van der Waals surface area contributed by atoms with Gasteiger partial charge in [-0.1, -0.05) is 6.92 Å². The van der Waals surface area contributed by atoms with Crippen LogP contribution in [0.3, 0.4) is 0 Å². The van der Waals surface area contributed by atoms with Gasteiger partial charge in [0, 0.05) is 6.54 Å². The summed E-state index contributed by atoms with van der Waals surface area (Å²) >= 11 is 5.78. The third-order valence-electron chi connectivity index (χ3n) is 2.30. The fraction of sp³-hybridized carbons (Fsp3) is 0.889. The molecule has 0 N–H and O–H groups in total. The maximum Gasteiger partial charge on any atom is 0.240 e. The Bertz CT molecular complexity index is 188. The van der Waals surface area contributed by atoms with Crippen LogP contribution in [0.25, 0.3) is 0 Å². The number of nitrogens with zero attached hydrogens (tertiary/aromatic N) is 1. The minimum absolute atomic E-state index is 0.119. The maximum atomic E-state index is 12.9. The van der Waals surface area contributed by atoms with Gasteiger partial charge in [-0.05, 0) is 19.3 Å². The number of amides is 1. The van der Waals surface area contributed by atoms with Gasteiger partial charge in [0.25, 0.3) is 0 Å². The first kappa shape index (κ1) is 10.8. The predicted octanol–water partition coefficient (Wildman–Crippen LogP) is 1.96. The Kier molecular flexibility index (Phi) is 3.97. The normalized spacial score (nSPS) is 25.8. The van der Waals surface area contributed by atoms with Gasteiger partial charge >= 0.3 is 0 Å². The Balaban J connectivity index is 2.46. The van der Waals surface area contributed by atoms with Gasteiger partial charge in [-0.3, -0.25) is 4.79 Å². The van der Waals surface area contributed by atoms with E-state index in [-0.39, 0.29) is 12.5 Å². The highest BCUT2D eigenvalue weighted by atomic mass is 35.5. The third kappa shape index (κ3) is 2.83. The van der Waals surface area contributed by atoms with Crippen molar-refractivity contribution in [1.82, 2.24) is 4.90 Å². The summed E-state index contributed by atoms with van der Waals surface area (Å²) in [6.45, 7) is 2.73. The molecular formula is C9H15ClFNO. The Morgan fingerprint density at radius 2 is 2.46 bits per heavy atom. The highest BCUT2D eigenvalue weighted by molar-refractivity contribution is 6.30. The van der Waals surface area contributed by atoms with E-state index in [1.807, 2.05) is 6.92 Å². The molecule has 2 atom stereocenters. The summed E-state index contributed by atoms with van der Waals surface area (Å²) in [6.07, 6.45) is 1.06. The number of hydrogen-bond acceptors (Lipinski definition) is 1. The van der Waals surface area contributed by atoms with E-state index in [1.54, 1.807) is 0 Å². The van der Waals surface area contributed by atoms with Gasteiger partial charge in [-0.15, -0.1) is 11.6 Å². The second-order valence-electron chi connectivity index (χ2n) is 3.40. The Morgan fingerprint density at radius 3 is 3.00 bits per heavy atom. The summed E-state index contributed by atoms with van der Waals surface area (Å²) in [6, 6.07) is 0. The molecule has 0 unspecified atom stereocenters. The van der Waals surface area contributed by atoms with Crippen molar-refractivity contribution in [1.29, 1.82) is 0 Å².